The molecule has 0 spiro atoms. The molecule has 2 heterocycles. The maximum absolute atomic E-state index is 4.18. The molecule has 0 bridgehead atoms. The number of pyridine rings is 1. The molecule has 0 unspecified atom stereocenters. The first-order chi connectivity index (χ1) is 6.25. The van der Waals surface area contributed by atoms with Crippen molar-refractivity contribution in [1.82, 2.24) is 19.7 Å². The largest absolute Gasteiger partial charge is 0.237 e. The maximum atomic E-state index is 4.18. The van der Waals surface area contributed by atoms with Gasteiger partial charge in [-0.2, -0.15) is 5.10 Å². The fourth-order valence-electron chi connectivity index (χ4n) is 1.10. The van der Waals surface area contributed by atoms with Gasteiger partial charge in [-0.3, -0.25) is 0 Å². The van der Waals surface area contributed by atoms with Crippen LogP contribution in [0.25, 0.3) is 5.82 Å². The normalized spacial score (nSPS) is 10.3. The van der Waals surface area contributed by atoms with E-state index < -0.39 is 0 Å². The summed E-state index contributed by atoms with van der Waals surface area (Å²) in [4.78, 5) is 8.22. The number of nitrogens with zero attached hydrogens (tertiary/aromatic N) is 4. The van der Waals surface area contributed by atoms with Crippen molar-refractivity contribution in [1.29, 1.82) is 0 Å². The SMILES string of the molecule is Cc1ccnc(-n2cnc(C)n2)c1. The van der Waals surface area contributed by atoms with Crippen molar-refractivity contribution in [2.24, 2.45) is 0 Å². The topological polar surface area (TPSA) is 43.6 Å². The molecule has 66 valence electrons. The lowest BCUT2D eigenvalue weighted by Gasteiger charge is -1.98. The number of aromatic nitrogens is 4. The highest BCUT2D eigenvalue weighted by Gasteiger charge is 1.99. The van der Waals surface area contributed by atoms with Gasteiger partial charge in [-0.05, 0) is 31.5 Å². The second-order valence-corrected chi connectivity index (χ2v) is 2.93. The molecule has 0 aliphatic heterocycles. The fourth-order valence-corrected chi connectivity index (χ4v) is 1.10. The molecule has 0 N–H and O–H groups in total. The van der Waals surface area contributed by atoms with Crippen LogP contribution in [0, 0.1) is 13.8 Å². The summed E-state index contributed by atoms with van der Waals surface area (Å²) in [5.74, 6) is 1.56. The predicted molar refractivity (Wildman–Crippen MR) is 48.6 cm³/mol. The van der Waals surface area contributed by atoms with Crippen molar-refractivity contribution < 1.29 is 0 Å². The highest BCUT2D eigenvalue weighted by atomic mass is 15.4. The number of hydrogen-bond acceptors (Lipinski definition) is 3. The number of aryl methyl sites for hydroxylation is 2. The molecule has 0 saturated heterocycles. The standard InChI is InChI=1S/C9H10N4/c1-7-3-4-10-9(5-7)13-6-11-8(2)12-13/h3-6H,1-2H3. The fraction of sp³-hybridized carbons (Fsp3) is 0.222. The Kier molecular flexibility index (Phi) is 1.81. The van der Waals surface area contributed by atoms with E-state index in [0.29, 0.717) is 0 Å². The lowest BCUT2D eigenvalue weighted by atomic mass is 10.3. The minimum absolute atomic E-state index is 0.753. The first-order valence-corrected chi connectivity index (χ1v) is 4.07. The van der Waals surface area contributed by atoms with Gasteiger partial charge in [0.1, 0.15) is 12.2 Å². The molecular formula is C9H10N4. The summed E-state index contributed by atoms with van der Waals surface area (Å²) in [6.07, 6.45) is 3.43. The van der Waals surface area contributed by atoms with E-state index in [9.17, 15) is 0 Å². The van der Waals surface area contributed by atoms with Crippen LogP contribution in [0.15, 0.2) is 24.7 Å². The summed E-state index contributed by atoms with van der Waals surface area (Å²) >= 11 is 0. The summed E-state index contributed by atoms with van der Waals surface area (Å²) in [7, 11) is 0. The first-order valence-electron chi connectivity index (χ1n) is 4.07. The van der Waals surface area contributed by atoms with Crippen LogP contribution in [0.1, 0.15) is 11.4 Å². The summed E-state index contributed by atoms with van der Waals surface area (Å²) in [5, 5.41) is 4.17. The van der Waals surface area contributed by atoms with Crippen molar-refractivity contribution in [2.45, 2.75) is 13.8 Å². The minimum atomic E-state index is 0.753. The molecule has 4 heteroatoms. The summed E-state index contributed by atoms with van der Waals surface area (Å²) in [5.41, 5.74) is 1.16. The van der Waals surface area contributed by atoms with Crippen molar-refractivity contribution in [2.75, 3.05) is 0 Å². The van der Waals surface area contributed by atoms with Gasteiger partial charge < -0.3 is 0 Å². The average molecular weight is 174 g/mol. The van der Waals surface area contributed by atoms with Crippen molar-refractivity contribution in [3.05, 3.63) is 36.0 Å². The molecule has 2 rings (SSSR count). The van der Waals surface area contributed by atoms with E-state index in [1.165, 1.54) is 0 Å². The monoisotopic (exact) mass is 174 g/mol. The zero-order valence-corrected chi connectivity index (χ0v) is 7.60. The lowest BCUT2D eigenvalue weighted by molar-refractivity contribution is 0.831. The Hall–Kier alpha value is -1.71. The Morgan fingerprint density at radius 3 is 2.69 bits per heavy atom. The highest BCUT2D eigenvalue weighted by molar-refractivity contribution is 5.25. The maximum Gasteiger partial charge on any atom is 0.155 e. The van der Waals surface area contributed by atoms with E-state index in [1.807, 2.05) is 26.0 Å². The molecule has 0 amide bonds. The van der Waals surface area contributed by atoms with Crippen LogP contribution < -0.4 is 0 Å². The van der Waals surface area contributed by atoms with Gasteiger partial charge in [-0.15, -0.1) is 0 Å². The van der Waals surface area contributed by atoms with Gasteiger partial charge in [0.05, 0.1) is 0 Å². The van der Waals surface area contributed by atoms with Gasteiger partial charge >= 0.3 is 0 Å². The zero-order chi connectivity index (χ0) is 9.26. The van der Waals surface area contributed by atoms with Crippen LogP contribution >= 0.6 is 0 Å². The molecule has 0 radical (unpaired) electrons. The molecular weight excluding hydrogens is 164 g/mol. The minimum Gasteiger partial charge on any atom is -0.237 e. The van der Waals surface area contributed by atoms with Gasteiger partial charge in [0.2, 0.25) is 0 Å². The van der Waals surface area contributed by atoms with Gasteiger partial charge in [-0.25, -0.2) is 14.6 Å². The Morgan fingerprint density at radius 1 is 1.23 bits per heavy atom. The lowest BCUT2D eigenvalue weighted by Crippen LogP contribution is -1.98. The summed E-state index contributed by atoms with van der Waals surface area (Å²) in [6, 6.07) is 3.92. The van der Waals surface area contributed by atoms with E-state index in [4.69, 9.17) is 0 Å². The highest BCUT2D eigenvalue weighted by Crippen LogP contribution is 2.04. The molecule has 0 aliphatic rings. The molecule has 0 aromatic carbocycles. The van der Waals surface area contributed by atoms with Crippen LogP contribution in [0.5, 0.6) is 0 Å². The third-order valence-corrected chi connectivity index (χ3v) is 1.74. The van der Waals surface area contributed by atoms with E-state index >= 15 is 0 Å². The first kappa shape index (κ1) is 7.91. The van der Waals surface area contributed by atoms with Crippen molar-refractivity contribution in [3.8, 4) is 5.82 Å². The molecule has 0 aliphatic carbocycles. The Bertz CT molecular complexity index is 419. The zero-order valence-electron chi connectivity index (χ0n) is 7.60. The summed E-state index contributed by atoms with van der Waals surface area (Å²) < 4.78 is 1.67. The quantitative estimate of drug-likeness (QED) is 0.654. The van der Waals surface area contributed by atoms with E-state index in [1.54, 1.807) is 17.2 Å². The van der Waals surface area contributed by atoms with Gasteiger partial charge in [-0.1, -0.05) is 0 Å². The Labute approximate surface area is 76.3 Å². The van der Waals surface area contributed by atoms with Crippen LogP contribution in [0.3, 0.4) is 0 Å². The van der Waals surface area contributed by atoms with Gasteiger partial charge in [0.25, 0.3) is 0 Å². The molecule has 0 atom stereocenters. The molecule has 0 fully saturated rings. The third-order valence-electron chi connectivity index (χ3n) is 1.74. The smallest absolute Gasteiger partial charge is 0.155 e. The van der Waals surface area contributed by atoms with Crippen LogP contribution in [-0.4, -0.2) is 19.7 Å². The third kappa shape index (κ3) is 1.56. The molecule has 2 aromatic rings. The van der Waals surface area contributed by atoms with E-state index in [2.05, 4.69) is 15.1 Å². The van der Waals surface area contributed by atoms with Crippen LogP contribution in [-0.2, 0) is 0 Å². The molecule has 0 saturated carbocycles. The van der Waals surface area contributed by atoms with Crippen LogP contribution in [0.4, 0.5) is 0 Å². The van der Waals surface area contributed by atoms with Crippen molar-refractivity contribution >= 4 is 0 Å². The molecule has 13 heavy (non-hydrogen) atoms. The second kappa shape index (κ2) is 2.97. The molecule has 2 aromatic heterocycles. The number of rotatable bonds is 1. The second-order valence-electron chi connectivity index (χ2n) is 2.93. The van der Waals surface area contributed by atoms with E-state index in [0.717, 1.165) is 17.2 Å². The van der Waals surface area contributed by atoms with E-state index in [-0.39, 0.29) is 0 Å². The van der Waals surface area contributed by atoms with Gasteiger partial charge in [0.15, 0.2) is 5.82 Å². The van der Waals surface area contributed by atoms with Gasteiger partial charge in [0, 0.05) is 6.20 Å². The van der Waals surface area contributed by atoms with Crippen LogP contribution in [0.2, 0.25) is 0 Å². The Balaban J connectivity index is 2.46. The molecule has 4 nitrogen and oxygen atoms in total. The Morgan fingerprint density at radius 2 is 2.08 bits per heavy atom. The number of hydrogen-bond donors (Lipinski definition) is 0. The van der Waals surface area contributed by atoms with Crippen molar-refractivity contribution in [3.63, 3.8) is 0 Å². The summed E-state index contributed by atoms with van der Waals surface area (Å²) in [6.45, 7) is 3.88. The average Bonchev–Trinajstić information content (AvgIpc) is 2.52. The predicted octanol–water partition coefficient (Wildman–Crippen LogP) is 1.28.